The average molecular weight is 204 g/mol. The summed E-state index contributed by atoms with van der Waals surface area (Å²) in [4.78, 5) is 16.1. The van der Waals surface area contributed by atoms with Crippen LogP contribution in [0.2, 0.25) is 0 Å². The molecule has 0 saturated heterocycles. The van der Waals surface area contributed by atoms with E-state index < -0.39 is 6.17 Å². The van der Waals surface area contributed by atoms with Crippen LogP contribution >= 0.6 is 0 Å². The van der Waals surface area contributed by atoms with Crippen molar-refractivity contribution in [3.05, 3.63) is 46.0 Å². The number of rotatable bonds is 1. The minimum absolute atomic E-state index is 0.210. The third kappa shape index (κ3) is 1.51. The molecule has 0 fully saturated rings. The predicted molar refractivity (Wildman–Crippen MR) is 57.3 cm³/mol. The van der Waals surface area contributed by atoms with Gasteiger partial charge in [-0.05, 0) is 18.6 Å². The Kier molecular flexibility index (Phi) is 2.26. The van der Waals surface area contributed by atoms with E-state index in [9.17, 15) is 4.79 Å². The lowest BCUT2D eigenvalue weighted by Crippen LogP contribution is -2.30. The zero-order chi connectivity index (χ0) is 11.0. The minimum atomic E-state index is -0.789. The van der Waals surface area contributed by atoms with Crippen LogP contribution in [0, 0.1) is 6.92 Å². The Bertz CT molecular complexity index is 559. The highest BCUT2D eigenvalue weighted by Gasteiger charge is 2.09. The van der Waals surface area contributed by atoms with Gasteiger partial charge in [-0.15, -0.1) is 0 Å². The first-order chi connectivity index (χ1) is 7.11. The summed E-state index contributed by atoms with van der Waals surface area (Å²) in [7, 11) is 0. The third-order valence-corrected chi connectivity index (χ3v) is 2.31. The molecule has 78 valence electrons. The molecule has 5 nitrogen and oxygen atoms in total. The summed E-state index contributed by atoms with van der Waals surface area (Å²) in [5.74, 6) is 0. The highest BCUT2D eigenvalue weighted by Crippen LogP contribution is 2.05. The number of fused-ring (bicyclic) bond motifs is 1. The van der Waals surface area contributed by atoms with Crippen molar-refractivity contribution >= 4 is 5.65 Å². The number of nitrogens with zero attached hydrogens (tertiary/aromatic N) is 2. The summed E-state index contributed by atoms with van der Waals surface area (Å²) in [6, 6.07) is 3.68. The Morgan fingerprint density at radius 3 is 2.87 bits per heavy atom. The van der Waals surface area contributed by atoms with Gasteiger partial charge in [0, 0.05) is 12.4 Å². The van der Waals surface area contributed by atoms with Gasteiger partial charge < -0.3 is 11.5 Å². The zero-order valence-electron chi connectivity index (χ0n) is 8.34. The van der Waals surface area contributed by atoms with Crippen LogP contribution in [0.3, 0.4) is 0 Å². The maximum Gasteiger partial charge on any atom is 0.263 e. The molecule has 0 aromatic carbocycles. The molecule has 0 atom stereocenters. The van der Waals surface area contributed by atoms with Crippen molar-refractivity contribution in [1.29, 1.82) is 0 Å². The lowest BCUT2D eigenvalue weighted by atomic mass is 10.2. The quantitative estimate of drug-likeness (QED) is 0.636. The maximum atomic E-state index is 11.9. The van der Waals surface area contributed by atoms with E-state index in [0.717, 1.165) is 5.56 Å². The summed E-state index contributed by atoms with van der Waals surface area (Å²) in [6.45, 7) is 1.89. The van der Waals surface area contributed by atoms with Gasteiger partial charge in [-0.1, -0.05) is 6.07 Å². The summed E-state index contributed by atoms with van der Waals surface area (Å²) in [5, 5.41) is 0. The monoisotopic (exact) mass is 204 g/mol. The molecule has 2 rings (SSSR count). The van der Waals surface area contributed by atoms with Crippen molar-refractivity contribution in [1.82, 2.24) is 9.38 Å². The summed E-state index contributed by atoms with van der Waals surface area (Å²) >= 11 is 0. The summed E-state index contributed by atoms with van der Waals surface area (Å²) < 4.78 is 1.46. The largest absolute Gasteiger partial charge is 0.312 e. The number of aryl methyl sites for hydroxylation is 1. The van der Waals surface area contributed by atoms with Gasteiger partial charge in [-0.3, -0.25) is 9.20 Å². The van der Waals surface area contributed by atoms with Crippen molar-refractivity contribution in [3.63, 3.8) is 0 Å². The van der Waals surface area contributed by atoms with Crippen LogP contribution in [-0.2, 0) is 0 Å². The fraction of sp³-hybridized carbons (Fsp3) is 0.200. The van der Waals surface area contributed by atoms with Gasteiger partial charge in [0.25, 0.3) is 5.56 Å². The second-order valence-corrected chi connectivity index (χ2v) is 3.43. The van der Waals surface area contributed by atoms with E-state index in [4.69, 9.17) is 11.5 Å². The van der Waals surface area contributed by atoms with E-state index >= 15 is 0 Å². The zero-order valence-corrected chi connectivity index (χ0v) is 8.34. The molecule has 2 aromatic rings. The van der Waals surface area contributed by atoms with E-state index in [1.54, 1.807) is 12.3 Å². The summed E-state index contributed by atoms with van der Waals surface area (Å²) in [6.07, 6.45) is 2.31. The highest BCUT2D eigenvalue weighted by atomic mass is 16.1. The fourth-order valence-corrected chi connectivity index (χ4v) is 1.49. The van der Waals surface area contributed by atoms with E-state index in [2.05, 4.69) is 4.98 Å². The number of nitrogens with two attached hydrogens (primary N) is 2. The standard InChI is InChI=1S/C10H12N4O/c1-6-3-2-4-14-9(6)13-5-7(8(11)12)10(14)15/h2-5,8H,11-12H2,1H3. The van der Waals surface area contributed by atoms with Crippen molar-refractivity contribution in [3.8, 4) is 0 Å². The molecule has 2 aromatic heterocycles. The lowest BCUT2D eigenvalue weighted by Gasteiger charge is -2.07. The molecule has 5 heteroatoms. The van der Waals surface area contributed by atoms with Crippen molar-refractivity contribution in [2.75, 3.05) is 0 Å². The molecular formula is C10H12N4O. The molecule has 0 aliphatic rings. The smallest absolute Gasteiger partial charge is 0.263 e. The molecule has 0 spiro atoms. The molecule has 0 aliphatic carbocycles. The lowest BCUT2D eigenvalue weighted by molar-refractivity contribution is 0.746. The normalized spacial score (nSPS) is 11.2. The Morgan fingerprint density at radius 2 is 2.20 bits per heavy atom. The van der Waals surface area contributed by atoms with Crippen LogP contribution in [0.5, 0.6) is 0 Å². The van der Waals surface area contributed by atoms with Crippen molar-refractivity contribution in [2.24, 2.45) is 11.5 Å². The SMILES string of the molecule is Cc1cccn2c(=O)c(C(N)N)cnc12. The average Bonchev–Trinajstić information content (AvgIpc) is 2.19. The van der Waals surface area contributed by atoms with Gasteiger partial charge in [0.1, 0.15) is 5.65 Å². The Morgan fingerprint density at radius 1 is 1.47 bits per heavy atom. The molecule has 2 heterocycles. The van der Waals surface area contributed by atoms with Gasteiger partial charge in [-0.2, -0.15) is 0 Å². The van der Waals surface area contributed by atoms with E-state index in [1.807, 2.05) is 13.0 Å². The molecule has 0 saturated carbocycles. The molecule has 0 amide bonds. The van der Waals surface area contributed by atoms with Crippen LogP contribution in [0.4, 0.5) is 0 Å². The number of aromatic nitrogens is 2. The number of pyridine rings is 1. The highest BCUT2D eigenvalue weighted by molar-refractivity contribution is 5.46. The van der Waals surface area contributed by atoms with E-state index in [0.29, 0.717) is 11.2 Å². The van der Waals surface area contributed by atoms with Gasteiger partial charge >= 0.3 is 0 Å². The first-order valence-electron chi connectivity index (χ1n) is 4.59. The van der Waals surface area contributed by atoms with Crippen LogP contribution < -0.4 is 17.0 Å². The first kappa shape index (κ1) is 9.82. The number of hydrogen-bond donors (Lipinski definition) is 2. The Hall–Kier alpha value is -1.72. The van der Waals surface area contributed by atoms with Gasteiger partial charge in [0.2, 0.25) is 0 Å². The van der Waals surface area contributed by atoms with Crippen molar-refractivity contribution < 1.29 is 0 Å². The predicted octanol–water partition coefficient (Wildman–Crippen LogP) is -0.0811. The van der Waals surface area contributed by atoms with Gasteiger partial charge in [-0.25, -0.2) is 4.98 Å². The van der Waals surface area contributed by atoms with Crippen LogP contribution in [0.1, 0.15) is 17.3 Å². The molecule has 15 heavy (non-hydrogen) atoms. The molecule has 0 aliphatic heterocycles. The van der Waals surface area contributed by atoms with E-state index in [1.165, 1.54) is 10.6 Å². The van der Waals surface area contributed by atoms with Gasteiger partial charge in [0.15, 0.2) is 0 Å². The maximum absolute atomic E-state index is 11.9. The van der Waals surface area contributed by atoms with Crippen LogP contribution in [-0.4, -0.2) is 9.38 Å². The molecule has 0 unspecified atom stereocenters. The van der Waals surface area contributed by atoms with E-state index in [-0.39, 0.29) is 5.56 Å². The second kappa shape index (κ2) is 3.45. The third-order valence-electron chi connectivity index (χ3n) is 2.31. The summed E-state index contributed by atoms with van der Waals surface area (Å²) in [5.41, 5.74) is 12.6. The molecule has 4 N–H and O–H groups in total. The Balaban J connectivity index is 2.86. The topological polar surface area (TPSA) is 86.4 Å². The molecule has 0 radical (unpaired) electrons. The Labute approximate surface area is 86.4 Å². The second-order valence-electron chi connectivity index (χ2n) is 3.43. The molecular weight excluding hydrogens is 192 g/mol. The van der Waals surface area contributed by atoms with Crippen LogP contribution in [0.25, 0.3) is 5.65 Å². The van der Waals surface area contributed by atoms with Crippen molar-refractivity contribution in [2.45, 2.75) is 13.1 Å². The minimum Gasteiger partial charge on any atom is -0.312 e. The first-order valence-corrected chi connectivity index (χ1v) is 4.59. The number of hydrogen-bond acceptors (Lipinski definition) is 4. The fourth-order valence-electron chi connectivity index (χ4n) is 1.49. The molecule has 0 bridgehead atoms. The van der Waals surface area contributed by atoms with Crippen LogP contribution in [0.15, 0.2) is 29.3 Å². The van der Waals surface area contributed by atoms with Gasteiger partial charge in [0.05, 0.1) is 11.7 Å².